The molecular formula is C20H20N2O6S. The first-order valence-corrected chi connectivity index (χ1v) is 9.70. The summed E-state index contributed by atoms with van der Waals surface area (Å²) in [5.41, 5.74) is 0.653. The SMILES string of the molecule is C#CCOc1ccc(/C=C2/SC(=O)N(CC(=O)N3CCOCC3)C2=O)cc1OC. The Morgan fingerprint density at radius 3 is 2.76 bits per heavy atom. The van der Waals surface area contributed by atoms with Crippen molar-refractivity contribution >= 4 is 34.9 Å². The van der Waals surface area contributed by atoms with E-state index in [0.29, 0.717) is 43.4 Å². The number of hydrogen-bond acceptors (Lipinski definition) is 7. The summed E-state index contributed by atoms with van der Waals surface area (Å²) >= 11 is 0.801. The molecule has 29 heavy (non-hydrogen) atoms. The molecule has 0 atom stereocenters. The second kappa shape index (κ2) is 9.49. The van der Waals surface area contributed by atoms with E-state index < -0.39 is 11.1 Å². The number of hydrogen-bond donors (Lipinski definition) is 0. The summed E-state index contributed by atoms with van der Waals surface area (Å²) < 4.78 is 15.9. The molecule has 2 aliphatic heterocycles. The minimum atomic E-state index is -0.492. The molecule has 2 fully saturated rings. The van der Waals surface area contributed by atoms with E-state index in [-0.39, 0.29) is 24.0 Å². The molecule has 152 valence electrons. The molecule has 0 N–H and O–H groups in total. The second-order valence-electron chi connectivity index (χ2n) is 6.16. The van der Waals surface area contributed by atoms with Crippen LogP contribution in [0.15, 0.2) is 23.1 Å². The quantitative estimate of drug-likeness (QED) is 0.514. The highest BCUT2D eigenvalue weighted by molar-refractivity contribution is 8.18. The highest BCUT2D eigenvalue weighted by Crippen LogP contribution is 2.34. The normalized spacial score (nSPS) is 18.1. The molecule has 2 heterocycles. The highest BCUT2D eigenvalue weighted by atomic mass is 32.2. The van der Waals surface area contributed by atoms with E-state index in [4.69, 9.17) is 20.6 Å². The first-order valence-electron chi connectivity index (χ1n) is 8.88. The van der Waals surface area contributed by atoms with Gasteiger partial charge in [-0.25, -0.2) is 0 Å². The molecule has 0 saturated carbocycles. The largest absolute Gasteiger partial charge is 0.493 e. The van der Waals surface area contributed by atoms with Gasteiger partial charge < -0.3 is 19.1 Å². The van der Waals surface area contributed by atoms with E-state index >= 15 is 0 Å². The number of morpholine rings is 1. The zero-order chi connectivity index (χ0) is 20.8. The summed E-state index contributed by atoms with van der Waals surface area (Å²) in [6.07, 6.45) is 6.78. The van der Waals surface area contributed by atoms with E-state index in [0.717, 1.165) is 16.7 Å². The Hall–Kier alpha value is -2.96. The number of methoxy groups -OCH3 is 1. The van der Waals surface area contributed by atoms with Crippen LogP contribution in [0.5, 0.6) is 11.5 Å². The minimum Gasteiger partial charge on any atom is -0.493 e. The van der Waals surface area contributed by atoms with E-state index in [9.17, 15) is 14.4 Å². The molecule has 2 aliphatic rings. The van der Waals surface area contributed by atoms with Crippen LogP contribution in [0, 0.1) is 12.3 Å². The molecule has 3 amide bonds. The predicted octanol–water partition coefficient (Wildman–Crippen LogP) is 1.60. The maximum absolute atomic E-state index is 12.6. The molecule has 9 heteroatoms. The number of ether oxygens (including phenoxy) is 3. The topological polar surface area (TPSA) is 85.4 Å². The summed E-state index contributed by atoms with van der Waals surface area (Å²) in [7, 11) is 1.49. The zero-order valence-corrected chi connectivity index (χ0v) is 16.7. The van der Waals surface area contributed by atoms with Gasteiger partial charge in [0.15, 0.2) is 11.5 Å². The van der Waals surface area contributed by atoms with Gasteiger partial charge in [-0.3, -0.25) is 19.3 Å². The monoisotopic (exact) mass is 416 g/mol. The lowest BCUT2D eigenvalue weighted by molar-refractivity contribution is -0.139. The van der Waals surface area contributed by atoms with Crippen molar-refractivity contribution in [2.45, 2.75) is 0 Å². The summed E-state index contributed by atoms with van der Waals surface area (Å²) in [4.78, 5) is 40.1. The Bertz CT molecular complexity index is 885. The van der Waals surface area contributed by atoms with Crippen LogP contribution in [0.3, 0.4) is 0 Å². The van der Waals surface area contributed by atoms with Gasteiger partial charge in [-0.05, 0) is 35.5 Å². The van der Waals surface area contributed by atoms with Crippen LogP contribution in [-0.2, 0) is 14.3 Å². The Kier molecular flexibility index (Phi) is 6.80. The third kappa shape index (κ3) is 4.91. The van der Waals surface area contributed by atoms with Crippen molar-refractivity contribution in [3.8, 4) is 23.8 Å². The maximum atomic E-state index is 12.6. The van der Waals surface area contributed by atoms with Gasteiger partial charge in [0, 0.05) is 13.1 Å². The molecule has 0 bridgehead atoms. The van der Waals surface area contributed by atoms with Crippen molar-refractivity contribution in [1.29, 1.82) is 0 Å². The third-order valence-corrected chi connectivity index (χ3v) is 5.23. The van der Waals surface area contributed by atoms with Crippen molar-refractivity contribution in [2.75, 3.05) is 46.6 Å². The van der Waals surface area contributed by atoms with Gasteiger partial charge in [0.2, 0.25) is 5.91 Å². The predicted molar refractivity (Wildman–Crippen MR) is 107 cm³/mol. The van der Waals surface area contributed by atoms with E-state index in [1.54, 1.807) is 29.2 Å². The molecule has 1 aromatic carbocycles. The van der Waals surface area contributed by atoms with Crippen LogP contribution in [0.1, 0.15) is 5.56 Å². The first kappa shape index (κ1) is 20.8. The van der Waals surface area contributed by atoms with E-state index in [1.807, 2.05) is 0 Å². The number of benzene rings is 1. The number of rotatable bonds is 6. The fourth-order valence-electron chi connectivity index (χ4n) is 2.85. The fourth-order valence-corrected chi connectivity index (χ4v) is 3.69. The van der Waals surface area contributed by atoms with Crippen LogP contribution in [0.25, 0.3) is 6.08 Å². The zero-order valence-electron chi connectivity index (χ0n) is 15.9. The number of carbonyl (C=O) groups is 3. The van der Waals surface area contributed by atoms with Crippen LogP contribution >= 0.6 is 11.8 Å². The lowest BCUT2D eigenvalue weighted by Gasteiger charge is -2.28. The smallest absolute Gasteiger partial charge is 0.294 e. The van der Waals surface area contributed by atoms with Gasteiger partial charge >= 0.3 is 0 Å². The van der Waals surface area contributed by atoms with Crippen LogP contribution in [0.4, 0.5) is 4.79 Å². The Morgan fingerprint density at radius 2 is 2.07 bits per heavy atom. The summed E-state index contributed by atoms with van der Waals surface area (Å²) in [5, 5.41) is -0.469. The van der Waals surface area contributed by atoms with Crippen LogP contribution < -0.4 is 9.47 Å². The molecule has 0 radical (unpaired) electrons. The molecule has 3 rings (SSSR count). The lowest BCUT2D eigenvalue weighted by Crippen LogP contribution is -2.46. The second-order valence-corrected chi connectivity index (χ2v) is 7.16. The molecule has 0 aromatic heterocycles. The Balaban J connectivity index is 1.72. The maximum Gasteiger partial charge on any atom is 0.294 e. The molecule has 0 aliphatic carbocycles. The number of thioether (sulfide) groups is 1. The first-order chi connectivity index (χ1) is 14.0. The number of imide groups is 1. The molecular weight excluding hydrogens is 396 g/mol. The van der Waals surface area contributed by atoms with Crippen molar-refractivity contribution in [3.05, 3.63) is 28.7 Å². The Labute approximate surface area is 172 Å². The summed E-state index contributed by atoms with van der Waals surface area (Å²) in [6.45, 7) is 1.65. The summed E-state index contributed by atoms with van der Waals surface area (Å²) in [5.74, 6) is 2.55. The lowest BCUT2D eigenvalue weighted by atomic mass is 10.2. The standard InChI is InChI=1S/C20H20N2O6S/c1-3-8-28-15-5-4-14(11-16(15)26-2)12-17-19(24)22(20(25)29-17)13-18(23)21-6-9-27-10-7-21/h1,4-5,11-12H,6-10,13H2,2H3/b17-12+. The minimum absolute atomic E-state index is 0.103. The molecule has 8 nitrogen and oxygen atoms in total. The van der Waals surface area contributed by atoms with Gasteiger partial charge in [-0.1, -0.05) is 12.0 Å². The Morgan fingerprint density at radius 1 is 1.31 bits per heavy atom. The fraction of sp³-hybridized carbons (Fsp3) is 0.350. The van der Waals surface area contributed by atoms with Gasteiger partial charge in [-0.2, -0.15) is 0 Å². The summed E-state index contributed by atoms with van der Waals surface area (Å²) in [6, 6.07) is 5.08. The molecule has 2 saturated heterocycles. The van der Waals surface area contributed by atoms with Gasteiger partial charge in [0.05, 0.1) is 25.2 Å². The molecule has 1 aromatic rings. The van der Waals surface area contributed by atoms with Crippen LogP contribution in [0.2, 0.25) is 0 Å². The van der Waals surface area contributed by atoms with Gasteiger partial charge in [-0.15, -0.1) is 6.42 Å². The van der Waals surface area contributed by atoms with Crippen molar-refractivity contribution < 1.29 is 28.6 Å². The van der Waals surface area contributed by atoms with E-state index in [2.05, 4.69) is 5.92 Å². The number of amides is 3. The molecule has 0 spiro atoms. The number of nitrogens with zero attached hydrogens (tertiary/aromatic N) is 2. The van der Waals surface area contributed by atoms with Gasteiger partial charge in [0.25, 0.3) is 11.1 Å². The third-order valence-electron chi connectivity index (χ3n) is 4.33. The van der Waals surface area contributed by atoms with Crippen molar-refractivity contribution in [1.82, 2.24) is 9.80 Å². The number of carbonyl (C=O) groups excluding carboxylic acids is 3. The average molecular weight is 416 g/mol. The van der Waals surface area contributed by atoms with E-state index in [1.165, 1.54) is 7.11 Å². The molecule has 0 unspecified atom stereocenters. The van der Waals surface area contributed by atoms with Crippen LogP contribution in [-0.4, -0.2) is 73.4 Å². The van der Waals surface area contributed by atoms with Crippen molar-refractivity contribution in [3.63, 3.8) is 0 Å². The van der Waals surface area contributed by atoms with Crippen molar-refractivity contribution in [2.24, 2.45) is 0 Å². The van der Waals surface area contributed by atoms with Gasteiger partial charge in [0.1, 0.15) is 13.2 Å². The number of terminal acetylenes is 1. The highest BCUT2D eigenvalue weighted by Gasteiger charge is 2.37. The average Bonchev–Trinajstić information content (AvgIpc) is 3.00.